The van der Waals surface area contributed by atoms with Gasteiger partial charge in [0.15, 0.2) is 6.10 Å². The number of carbonyl (C=O) groups excluding carboxylic acids is 2. The van der Waals surface area contributed by atoms with Gasteiger partial charge in [0, 0.05) is 19.4 Å². The molecular weight excluding hydrogens is 393 g/mol. The Morgan fingerprint density at radius 1 is 0.964 bits per heavy atom. The number of ether oxygens (including phenoxy) is 2. The molecule has 0 aromatic rings. The van der Waals surface area contributed by atoms with Crippen LogP contribution in [0.4, 0.5) is 0 Å². The van der Waals surface area contributed by atoms with Crippen LogP contribution in [0.15, 0.2) is 0 Å². The molecule has 1 unspecified atom stereocenters. The van der Waals surface area contributed by atoms with E-state index in [0.717, 1.165) is 25.7 Å². The number of phosphoric acid groups is 1. The van der Waals surface area contributed by atoms with Crippen LogP contribution in [-0.4, -0.2) is 59.3 Å². The van der Waals surface area contributed by atoms with Crippen molar-refractivity contribution in [3.63, 3.8) is 0 Å². The molecule has 0 saturated carbocycles. The third kappa shape index (κ3) is 23.0. The zero-order chi connectivity index (χ0) is 21.8. The zero-order valence-electron chi connectivity index (χ0n) is 16.9. The van der Waals surface area contributed by atoms with Gasteiger partial charge < -0.3 is 30.1 Å². The van der Waals surface area contributed by atoms with Gasteiger partial charge in [0.2, 0.25) is 0 Å². The highest BCUT2D eigenvalue weighted by Gasteiger charge is 2.22. The second kappa shape index (κ2) is 19.3. The molecule has 10 nitrogen and oxygen atoms in total. The first-order valence-corrected chi connectivity index (χ1v) is 11.1. The summed E-state index contributed by atoms with van der Waals surface area (Å²) < 4.78 is 25.2. The monoisotopic (exact) mass is 429 g/mol. The van der Waals surface area contributed by atoms with Crippen molar-refractivity contribution < 1.29 is 43.0 Å². The van der Waals surface area contributed by atoms with Gasteiger partial charge in [-0.05, 0) is 12.8 Å². The Hall–Kier alpha value is -1.03. The fourth-order valence-electron chi connectivity index (χ4n) is 1.84. The number of carbonyl (C=O) groups is 2. The van der Waals surface area contributed by atoms with Crippen molar-refractivity contribution in [2.75, 3.05) is 26.4 Å². The average molecular weight is 429 g/mol. The molecule has 28 heavy (non-hydrogen) atoms. The predicted octanol–water partition coefficient (Wildman–Crippen LogP) is 1.65. The van der Waals surface area contributed by atoms with E-state index in [4.69, 9.17) is 30.1 Å². The minimum Gasteiger partial charge on any atom is -0.462 e. The highest BCUT2D eigenvalue weighted by molar-refractivity contribution is 7.46. The standard InChI is InChI=1S/C15H29O8P.C2H7NO/c1-3-5-7-9-14(16)21-11-13(12-22-24(18,19)20)23-15(17)10-8-6-4-2;3-1-2-4/h13H,3-12H2,1-2H3,(H2,18,19,20);4H,1-3H2. The number of aliphatic hydroxyl groups is 1. The topological polar surface area (TPSA) is 166 Å². The fraction of sp³-hybridized carbons (Fsp3) is 0.882. The predicted molar refractivity (Wildman–Crippen MR) is 103 cm³/mol. The van der Waals surface area contributed by atoms with Crippen LogP contribution in [0.2, 0.25) is 0 Å². The van der Waals surface area contributed by atoms with Gasteiger partial charge >= 0.3 is 19.8 Å². The van der Waals surface area contributed by atoms with Gasteiger partial charge in [0.1, 0.15) is 6.61 Å². The molecule has 0 rings (SSSR count). The molecule has 0 fully saturated rings. The van der Waals surface area contributed by atoms with Crippen molar-refractivity contribution >= 4 is 19.8 Å². The lowest BCUT2D eigenvalue weighted by molar-refractivity contribution is -0.161. The highest BCUT2D eigenvalue weighted by Crippen LogP contribution is 2.35. The normalized spacial score (nSPS) is 11.9. The summed E-state index contributed by atoms with van der Waals surface area (Å²) in [4.78, 5) is 40.7. The molecule has 0 aromatic carbocycles. The summed E-state index contributed by atoms with van der Waals surface area (Å²) in [6.45, 7) is 3.66. The first-order valence-electron chi connectivity index (χ1n) is 9.56. The molecule has 5 N–H and O–H groups in total. The number of phosphoric ester groups is 1. The number of unbranched alkanes of at least 4 members (excludes halogenated alkanes) is 4. The van der Waals surface area contributed by atoms with Gasteiger partial charge in [-0.25, -0.2) is 4.57 Å². The molecule has 0 radical (unpaired) electrons. The molecule has 168 valence electrons. The van der Waals surface area contributed by atoms with E-state index < -0.39 is 32.5 Å². The fourth-order valence-corrected chi connectivity index (χ4v) is 2.20. The van der Waals surface area contributed by atoms with E-state index in [1.165, 1.54) is 0 Å². The molecule has 0 aliphatic rings. The number of rotatable bonds is 15. The molecule has 0 saturated heterocycles. The van der Waals surface area contributed by atoms with Crippen LogP contribution in [0.3, 0.4) is 0 Å². The molecule has 0 aliphatic heterocycles. The van der Waals surface area contributed by atoms with Crippen LogP contribution in [0.5, 0.6) is 0 Å². The van der Waals surface area contributed by atoms with Gasteiger partial charge in [-0.3, -0.25) is 14.1 Å². The van der Waals surface area contributed by atoms with E-state index >= 15 is 0 Å². The van der Waals surface area contributed by atoms with Crippen molar-refractivity contribution in [3.05, 3.63) is 0 Å². The number of hydrogen-bond acceptors (Lipinski definition) is 8. The highest BCUT2D eigenvalue weighted by atomic mass is 31.2. The van der Waals surface area contributed by atoms with Crippen LogP contribution in [0.1, 0.15) is 65.2 Å². The molecule has 0 aromatic heterocycles. The van der Waals surface area contributed by atoms with E-state index in [1.54, 1.807) is 0 Å². The molecule has 0 bridgehead atoms. The third-order valence-electron chi connectivity index (χ3n) is 3.25. The van der Waals surface area contributed by atoms with Crippen molar-refractivity contribution in [1.82, 2.24) is 0 Å². The second-order valence-corrected chi connectivity index (χ2v) is 7.25. The average Bonchev–Trinajstić information content (AvgIpc) is 2.64. The van der Waals surface area contributed by atoms with Crippen LogP contribution >= 0.6 is 7.82 Å². The van der Waals surface area contributed by atoms with Crippen LogP contribution in [-0.2, 0) is 28.2 Å². The Morgan fingerprint density at radius 3 is 1.89 bits per heavy atom. The van der Waals surface area contributed by atoms with Gasteiger partial charge in [-0.15, -0.1) is 0 Å². The summed E-state index contributed by atoms with van der Waals surface area (Å²) in [6.07, 6.45) is 4.50. The lowest BCUT2D eigenvalue weighted by Crippen LogP contribution is -2.29. The van der Waals surface area contributed by atoms with Gasteiger partial charge in [0.25, 0.3) is 0 Å². The summed E-state index contributed by atoms with van der Waals surface area (Å²) in [5.41, 5.74) is 4.78. The number of aliphatic hydroxyl groups excluding tert-OH is 1. The number of esters is 2. The Bertz CT molecular complexity index is 440. The van der Waals surface area contributed by atoms with E-state index in [2.05, 4.69) is 4.52 Å². The van der Waals surface area contributed by atoms with E-state index in [0.29, 0.717) is 19.4 Å². The lowest BCUT2D eigenvalue weighted by atomic mass is 10.2. The van der Waals surface area contributed by atoms with E-state index in [1.807, 2.05) is 13.8 Å². The molecule has 1 atom stereocenters. The Balaban J connectivity index is 0. The van der Waals surface area contributed by atoms with Gasteiger partial charge in [-0.2, -0.15) is 0 Å². The zero-order valence-corrected chi connectivity index (χ0v) is 17.8. The maximum atomic E-state index is 11.7. The molecule has 11 heteroatoms. The van der Waals surface area contributed by atoms with Crippen LogP contribution in [0, 0.1) is 0 Å². The molecule has 0 spiro atoms. The van der Waals surface area contributed by atoms with Crippen LogP contribution in [0.25, 0.3) is 0 Å². The Labute approximate surface area is 167 Å². The lowest BCUT2D eigenvalue weighted by Gasteiger charge is -2.18. The van der Waals surface area contributed by atoms with Crippen molar-refractivity contribution in [1.29, 1.82) is 0 Å². The van der Waals surface area contributed by atoms with Crippen molar-refractivity contribution in [2.24, 2.45) is 5.73 Å². The molecule has 0 amide bonds. The number of nitrogens with two attached hydrogens (primary N) is 1. The summed E-state index contributed by atoms with van der Waals surface area (Å²) >= 11 is 0. The number of hydrogen-bond donors (Lipinski definition) is 4. The Morgan fingerprint density at radius 2 is 1.46 bits per heavy atom. The van der Waals surface area contributed by atoms with Gasteiger partial charge in [-0.1, -0.05) is 39.5 Å². The largest absolute Gasteiger partial charge is 0.469 e. The van der Waals surface area contributed by atoms with Gasteiger partial charge in [0.05, 0.1) is 13.2 Å². The molecular formula is C17H36NO9P. The third-order valence-corrected chi connectivity index (χ3v) is 3.74. The van der Waals surface area contributed by atoms with Crippen molar-refractivity contribution in [3.8, 4) is 0 Å². The van der Waals surface area contributed by atoms with Crippen molar-refractivity contribution in [2.45, 2.75) is 71.3 Å². The van der Waals surface area contributed by atoms with Crippen LogP contribution < -0.4 is 5.73 Å². The Kier molecular flexibility index (Phi) is 20.1. The smallest absolute Gasteiger partial charge is 0.462 e. The second-order valence-electron chi connectivity index (χ2n) is 6.01. The minimum absolute atomic E-state index is 0.0972. The molecule has 0 heterocycles. The minimum atomic E-state index is -4.69. The summed E-state index contributed by atoms with van der Waals surface area (Å²) in [7, 11) is -4.69. The first-order chi connectivity index (χ1) is 13.2. The van der Waals surface area contributed by atoms with E-state index in [9.17, 15) is 14.2 Å². The first kappa shape index (κ1) is 29.2. The maximum Gasteiger partial charge on any atom is 0.469 e. The summed E-state index contributed by atoms with van der Waals surface area (Å²) in [6, 6.07) is 0. The quantitative estimate of drug-likeness (QED) is 0.171. The summed E-state index contributed by atoms with van der Waals surface area (Å²) in [5.74, 6) is -0.948. The summed E-state index contributed by atoms with van der Waals surface area (Å²) in [5, 5.41) is 7.75. The maximum absolute atomic E-state index is 11.7. The molecule has 0 aliphatic carbocycles. The van der Waals surface area contributed by atoms with E-state index in [-0.39, 0.29) is 26.1 Å². The SMILES string of the molecule is CCCCCC(=O)OCC(COP(=O)(O)O)OC(=O)CCCCC.NCCO.